The van der Waals surface area contributed by atoms with Gasteiger partial charge < -0.3 is 5.32 Å². The lowest BCUT2D eigenvalue weighted by Crippen LogP contribution is -2.23. The number of benzene rings is 2. The van der Waals surface area contributed by atoms with Crippen LogP contribution in [0.4, 0.5) is 10.1 Å². The topological polar surface area (TPSA) is 66.5 Å². The van der Waals surface area contributed by atoms with E-state index in [1.807, 2.05) is 0 Å². The Morgan fingerprint density at radius 3 is 2.42 bits per heavy atom. The van der Waals surface area contributed by atoms with Crippen LogP contribution in [0.1, 0.15) is 15.9 Å². The first-order valence-corrected chi connectivity index (χ1v) is 8.74. The molecule has 0 saturated heterocycles. The standard InChI is InChI=1S/C16H16ClFN2O3S/c1-10-4-6-12(9-15(10)24(22,23)20(2)3)19-16(21)13-7-5-11(17)8-14(13)18/h4-9H,1-3H3,(H,19,21). The van der Waals surface area contributed by atoms with Crippen molar-refractivity contribution < 1.29 is 17.6 Å². The molecule has 1 amide bonds. The van der Waals surface area contributed by atoms with Crippen molar-refractivity contribution in [3.63, 3.8) is 0 Å². The maximum atomic E-state index is 13.8. The smallest absolute Gasteiger partial charge is 0.258 e. The molecule has 0 aliphatic carbocycles. The number of amides is 1. The largest absolute Gasteiger partial charge is 0.322 e. The Balaban J connectivity index is 2.36. The number of hydrogen-bond acceptors (Lipinski definition) is 3. The normalized spacial score (nSPS) is 11.6. The summed E-state index contributed by atoms with van der Waals surface area (Å²) >= 11 is 5.66. The first-order valence-electron chi connectivity index (χ1n) is 6.92. The number of carbonyl (C=O) groups is 1. The third-order valence-corrected chi connectivity index (χ3v) is 5.57. The van der Waals surface area contributed by atoms with Crippen LogP contribution in [0.3, 0.4) is 0 Å². The Kier molecular flexibility index (Phi) is 5.27. The number of nitrogens with one attached hydrogen (secondary N) is 1. The second kappa shape index (κ2) is 6.88. The molecule has 128 valence electrons. The summed E-state index contributed by atoms with van der Waals surface area (Å²) < 4.78 is 39.5. The van der Waals surface area contributed by atoms with E-state index in [1.54, 1.807) is 19.1 Å². The average Bonchev–Trinajstić information content (AvgIpc) is 2.48. The van der Waals surface area contributed by atoms with Crippen molar-refractivity contribution >= 4 is 33.2 Å². The van der Waals surface area contributed by atoms with E-state index in [2.05, 4.69) is 5.32 Å². The van der Waals surface area contributed by atoms with Crippen molar-refractivity contribution in [3.05, 3.63) is 58.4 Å². The molecule has 0 aliphatic heterocycles. The molecule has 0 aromatic heterocycles. The molecule has 0 saturated carbocycles. The summed E-state index contributed by atoms with van der Waals surface area (Å²) in [4.78, 5) is 12.2. The van der Waals surface area contributed by atoms with E-state index < -0.39 is 21.7 Å². The quantitative estimate of drug-likeness (QED) is 0.898. The Bertz CT molecular complexity index is 898. The zero-order chi connectivity index (χ0) is 18.1. The van der Waals surface area contributed by atoms with E-state index in [9.17, 15) is 17.6 Å². The van der Waals surface area contributed by atoms with Crippen LogP contribution in [-0.4, -0.2) is 32.7 Å². The van der Waals surface area contributed by atoms with Gasteiger partial charge in [-0.15, -0.1) is 0 Å². The highest BCUT2D eigenvalue weighted by Crippen LogP contribution is 2.23. The van der Waals surface area contributed by atoms with Crippen molar-refractivity contribution in [2.45, 2.75) is 11.8 Å². The lowest BCUT2D eigenvalue weighted by molar-refractivity contribution is 0.102. The fourth-order valence-corrected chi connectivity index (χ4v) is 3.33. The van der Waals surface area contributed by atoms with Crippen LogP contribution in [0.15, 0.2) is 41.3 Å². The molecule has 0 radical (unpaired) electrons. The van der Waals surface area contributed by atoms with Crippen molar-refractivity contribution in [1.29, 1.82) is 0 Å². The Morgan fingerprint density at radius 2 is 1.83 bits per heavy atom. The zero-order valence-corrected chi connectivity index (χ0v) is 14.9. The summed E-state index contributed by atoms with van der Waals surface area (Å²) in [5, 5.41) is 2.67. The van der Waals surface area contributed by atoms with E-state index >= 15 is 0 Å². The molecule has 0 bridgehead atoms. The molecule has 2 rings (SSSR count). The monoisotopic (exact) mass is 370 g/mol. The lowest BCUT2D eigenvalue weighted by atomic mass is 10.2. The van der Waals surface area contributed by atoms with Crippen molar-refractivity contribution in [2.24, 2.45) is 0 Å². The number of rotatable bonds is 4. The van der Waals surface area contributed by atoms with Gasteiger partial charge in [-0.25, -0.2) is 17.1 Å². The van der Waals surface area contributed by atoms with Crippen LogP contribution in [0.25, 0.3) is 0 Å². The molecule has 0 aliphatic rings. The van der Waals surface area contributed by atoms with Gasteiger partial charge in [-0.1, -0.05) is 17.7 Å². The van der Waals surface area contributed by atoms with Crippen molar-refractivity contribution in [2.75, 3.05) is 19.4 Å². The fraction of sp³-hybridized carbons (Fsp3) is 0.188. The van der Waals surface area contributed by atoms with Gasteiger partial charge in [-0.05, 0) is 42.8 Å². The second-order valence-electron chi connectivity index (χ2n) is 5.35. The second-order valence-corrected chi connectivity index (χ2v) is 7.90. The van der Waals surface area contributed by atoms with Crippen LogP contribution in [0.2, 0.25) is 5.02 Å². The van der Waals surface area contributed by atoms with E-state index in [-0.39, 0.29) is 21.2 Å². The first-order chi connectivity index (χ1) is 11.1. The van der Waals surface area contributed by atoms with Crippen molar-refractivity contribution in [3.8, 4) is 0 Å². The van der Waals surface area contributed by atoms with Gasteiger partial charge in [0.05, 0.1) is 10.5 Å². The third-order valence-electron chi connectivity index (χ3n) is 3.38. The molecular weight excluding hydrogens is 355 g/mol. The molecular formula is C16H16ClFN2O3S. The molecule has 0 heterocycles. The number of aryl methyl sites for hydroxylation is 1. The van der Waals surface area contributed by atoms with Gasteiger partial charge in [-0.3, -0.25) is 4.79 Å². The minimum absolute atomic E-state index is 0.0712. The number of hydrogen-bond donors (Lipinski definition) is 1. The van der Waals surface area contributed by atoms with Crippen LogP contribution >= 0.6 is 11.6 Å². The van der Waals surface area contributed by atoms with Crippen LogP contribution in [0, 0.1) is 12.7 Å². The van der Waals surface area contributed by atoms with E-state index in [4.69, 9.17) is 11.6 Å². The maximum absolute atomic E-state index is 13.8. The Labute approximate surface area is 145 Å². The molecule has 24 heavy (non-hydrogen) atoms. The van der Waals surface area contributed by atoms with Crippen molar-refractivity contribution in [1.82, 2.24) is 4.31 Å². The number of anilines is 1. The summed E-state index contributed by atoms with van der Waals surface area (Å²) in [7, 11) is -0.814. The van der Waals surface area contributed by atoms with Gasteiger partial charge in [0.15, 0.2) is 0 Å². The number of nitrogens with zero attached hydrogens (tertiary/aromatic N) is 1. The van der Waals surface area contributed by atoms with Crippen LogP contribution in [0.5, 0.6) is 0 Å². The molecule has 0 atom stereocenters. The first kappa shape index (κ1) is 18.4. The summed E-state index contributed by atoms with van der Waals surface area (Å²) in [6.45, 7) is 1.65. The third kappa shape index (κ3) is 3.75. The van der Waals surface area contributed by atoms with E-state index in [0.29, 0.717) is 5.56 Å². The summed E-state index contributed by atoms with van der Waals surface area (Å²) in [5.41, 5.74) is 0.608. The summed E-state index contributed by atoms with van der Waals surface area (Å²) in [6, 6.07) is 8.17. The Hall–Kier alpha value is -1.96. The molecule has 2 aromatic carbocycles. The maximum Gasteiger partial charge on any atom is 0.258 e. The number of halogens is 2. The Morgan fingerprint density at radius 1 is 1.17 bits per heavy atom. The fourth-order valence-electron chi connectivity index (χ4n) is 2.02. The van der Waals surface area contributed by atoms with Gasteiger partial charge in [0.1, 0.15) is 5.82 Å². The van der Waals surface area contributed by atoms with Gasteiger partial charge in [0.25, 0.3) is 5.91 Å². The lowest BCUT2D eigenvalue weighted by Gasteiger charge is -2.15. The molecule has 0 spiro atoms. The molecule has 0 fully saturated rings. The SMILES string of the molecule is Cc1ccc(NC(=O)c2ccc(Cl)cc2F)cc1S(=O)(=O)N(C)C. The zero-order valence-electron chi connectivity index (χ0n) is 13.3. The predicted octanol–water partition coefficient (Wildman–Crippen LogP) is 3.29. The van der Waals surface area contributed by atoms with E-state index in [0.717, 1.165) is 10.4 Å². The molecule has 2 aromatic rings. The molecule has 8 heteroatoms. The number of carbonyl (C=O) groups excluding carboxylic acids is 1. The van der Waals surface area contributed by atoms with Gasteiger partial charge in [-0.2, -0.15) is 0 Å². The number of sulfonamides is 1. The molecule has 0 unspecified atom stereocenters. The highest BCUT2D eigenvalue weighted by Gasteiger charge is 2.21. The van der Waals surface area contributed by atoms with Gasteiger partial charge in [0, 0.05) is 24.8 Å². The summed E-state index contributed by atoms with van der Waals surface area (Å²) in [5.74, 6) is -1.45. The minimum atomic E-state index is -3.65. The molecule has 1 N–H and O–H groups in total. The molecule has 5 nitrogen and oxygen atoms in total. The highest BCUT2D eigenvalue weighted by atomic mass is 35.5. The summed E-state index contributed by atoms with van der Waals surface area (Å²) in [6.07, 6.45) is 0. The minimum Gasteiger partial charge on any atom is -0.322 e. The van der Waals surface area contributed by atoms with Gasteiger partial charge >= 0.3 is 0 Å². The van der Waals surface area contributed by atoms with Crippen LogP contribution < -0.4 is 5.32 Å². The van der Waals surface area contributed by atoms with Gasteiger partial charge in [0.2, 0.25) is 10.0 Å². The van der Waals surface area contributed by atoms with E-state index in [1.165, 1.54) is 32.3 Å². The highest BCUT2D eigenvalue weighted by molar-refractivity contribution is 7.89. The predicted molar refractivity (Wildman–Crippen MR) is 91.4 cm³/mol. The average molecular weight is 371 g/mol. The van der Waals surface area contributed by atoms with Crippen LogP contribution in [-0.2, 0) is 10.0 Å².